The summed E-state index contributed by atoms with van der Waals surface area (Å²) >= 11 is 0. The number of ether oxygens (including phenoxy) is 1. The van der Waals surface area contributed by atoms with E-state index < -0.39 is 23.8 Å². The minimum absolute atomic E-state index is 0.0756. The van der Waals surface area contributed by atoms with Crippen LogP contribution >= 0.6 is 0 Å². The molecule has 2 unspecified atom stereocenters. The Kier molecular flexibility index (Phi) is 7.18. The van der Waals surface area contributed by atoms with Gasteiger partial charge in [-0.1, -0.05) is 19.1 Å². The van der Waals surface area contributed by atoms with Gasteiger partial charge in [0.05, 0.1) is 11.5 Å². The van der Waals surface area contributed by atoms with Crippen molar-refractivity contribution in [3.05, 3.63) is 29.8 Å². The minimum Gasteiger partial charge on any atom is -0.480 e. The SMILES string of the molecule is CCc1ccc(N2CC(C(=O)NC(CCOC(C)(C)C)C(=O)O)CC2=O)cc1. The zero-order valence-corrected chi connectivity index (χ0v) is 17.0. The number of rotatable bonds is 8. The smallest absolute Gasteiger partial charge is 0.326 e. The Bertz CT molecular complexity index is 709. The van der Waals surface area contributed by atoms with Gasteiger partial charge in [-0.3, -0.25) is 9.59 Å². The number of aliphatic carboxylic acids is 1. The predicted molar refractivity (Wildman–Crippen MR) is 106 cm³/mol. The molecule has 0 bridgehead atoms. The molecule has 0 aliphatic carbocycles. The van der Waals surface area contributed by atoms with Gasteiger partial charge in [-0.05, 0) is 44.9 Å². The summed E-state index contributed by atoms with van der Waals surface area (Å²) in [6.07, 6.45) is 1.15. The van der Waals surface area contributed by atoms with Crippen molar-refractivity contribution in [2.45, 2.75) is 58.6 Å². The van der Waals surface area contributed by atoms with Crippen LogP contribution in [-0.4, -0.2) is 47.7 Å². The van der Waals surface area contributed by atoms with Crippen molar-refractivity contribution in [3.63, 3.8) is 0 Å². The van der Waals surface area contributed by atoms with E-state index in [9.17, 15) is 19.5 Å². The van der Waals surface area contributed by atoms with Crippen molar-refractivity contribution in [1.82, 2.24) is 5.32 Å². The molecule has 1 heterocycles. The number of benzene rings is 1. The molecule has 1 aromatic rings. The first kappa shape index (κ1) is 21.9. The molecule has 2 atom stereocenters. The van der Waals surface area contributed by atoms with E-state index >= 15 is 0 Å². The fourth-order valence-electron chi connectivity index (χ4n) is 3.07. The number of nitrogens with one attached hydrogen (secondary N) is 1. The first-order chi connectivity index (χ1) is 13.1. The quantitative estimate of drug-likeness (QED) is 0.710. The van der Waals surface area contributed by atoms with Crippen LogP contribution in [0.15, 0.2) is 24.3 Å². The van der Waals surface area contributed by atoms with E-state index in [1.54, 1.807) is 4.90 Å². The molecule has 0 spiro atoms. The number of nitrogens with zero attached hydrogens (tertiary/aromatic N) is 1. The average molecular weight is 390 g/mol. The Morgan fingerprint density at radius 1 is 1.29 bits per heavy atom. The molecule has 7 nitrogen and oxygen atoms in total. The van der Waals surface area contributed by atoms with Gasteiger partial charge in [-0.2, -0.15) is 0 Å². The van der Waals surface area contributed by atoms with Crippen LogP contribution in [-0.2, 0) is 25.5 Å². The molecule has 154 valence electrons. The van der Waals surface area contributed by atoms with Crippen LogP contribution < -0.4 is 10.2 Å². The molecule has 2 N–H and O–H groups in total. The molecule has 7 heteroatoms. The van der Waals surface area contributed by atoms with Crippen LogP contribution in [0.5, 0.6) is 0 Å². The number of hydrogen-bond donors (Lipinski definition) is 2. The van der Waals surface area contributed by atoms with Gasteiger partial charge >= 0.3 is 5.97 Å². The molecule has 28 heavy (non-hydrogen) atoms. The van der Waals surface area contributed by atoms with Crippen molar-refractivity contribution < 1.29 is 24.2 Å². The Balaban J connectivity index is 1.95. The van der Waals surface area contributed by atoms with E-state index in [1.807, 2.05) is 45.0 Å². The van der Waals surface area contributed by atoms with Crippen LogP contribution in [0.4, 0.5) is 5.69 Å². The molecule has 2 rings (SSSR count). The molecule has 1 fully saturated rings. The summed E-state index contributed by atoms with van der Waals surface area (Å²) in [4.78, 5) is 38.0. The predicted octanol–water partition coefficient (Wildman–Crippen LogP) is 2.38. The fourth-order valence-corrected chi connectivity index (χ4v) is 3.07. The Morgan fingerprint density at radius 2 is 1.93 bits per heavy atom. The number of aryl methyl sites for hydroxylation is 1. The minimum atomic E-state index is -1.11. The van der Waals surface area contributed by atoms with Crippen molar-refractivity contribution in [2.75, 3.05) is 18.1 Å². The van der Waals surface area contributed by atoms with Crippen molar-refractivity contribution in [3.8, 4) is 0 Å². The fraction of sp³-hybridized carbons (Fsp3) is 0.571. The van der Waals surface area contributed by atoms with E-state index in [0.717, 1.165) is 12.1 Å². The van der Waals surface area contributed by atoms with Crippen molar-refractivity contribution >= 4 is 23.5 Å². The maximum atomic E-state index is 12.5. The molecule has 1 aromatic carbocycles. The van der Waals surface area contributed by atoms with Crippen molar-refractivity contribution in [2.24, 2.45) is 5.92 Å². The topological polar surface area (TPSA) is 95.9 Å². The van der Waals surface area contributed by atoms with Gasteiger partial charge < -0.3 is 20.1 Å². The lowest BCUT2D eigenvalue weighted by Gasteiger charge is -2.22. The summed E-state index contributed by atoms with van der Waals surface area (Å²) in [7, 11) is 0. The number of carboxylic acids is 1. The second-order valence-corrected chi connectivity index (χ2v) is 8.07. The number of carboxylic acid groups (broad SMARTS) is 1. The second-order valence-electron chi connectivity index (χ2n) is 8.07. The number of amides is 2. The van der Waals surface area contributed by atoms with E-state index in [1.165, 1.54) is 5.56 Å². The average Bonchev–Trinajstić information content (AvgIpc) is 3.01. The Morgan fingerprint density at radius 3 is 2.46 bits per heavy atom. The normalized spacial score (nSPS) is 18.2. The van der Waals surface area contributed by atoms with E-state index in [4.69, 9.17) is 4.74 Å². The van der Waals surface area contributed by atoms with E-state index in [-0.39, 0.29) is 37.5 Å². The number of carbonyl (C=O) groups excluding carboxylic acids is 2. The van der Waals surface area contributed by atoms with Gasteiger partial charge in [0.25, 0.3) is 0 Å². The molecule has 0 radical (unpaired) electrons. The summed E-state index contributed by atoms with van der Waals surface area (Å²) in [5, 5.41) is 11.9. The molecule has 1 aliphatic rings. The molecular formula is C21H30N2O5. The molecule has 0 aromatic heterocycles. The zero-order chi connectivity index (χ0) is 20.9. The van der Waals surface area contributed by atoms with E-state index in [0.29, 0.717) is 0 Å². The van der Waals surface area contributed by atoms with E-state index in [2.05, 4.69) is 12.2 Å². The molecule has 1 saturated heterocycles. The molecule has 2 amide bonds. The number of carbonyl (C=O) groups is 3. The molecular weight excluding hydrogens is 360 g/mol. The highest BCUT2D eigenvalue weighted by Gasteiger charge is 2.36. The van der Waals surface area contributed by atoms with Gasteiger partial charge in [-0.25, -0.2) is 4.79 Å². The maximum Gasteiger partial charge on any atom is 0.326 e. The summed E-state index contributed by atoms with van der Waals surface area (Å²) in [6, 6.07) is 6.64. The third kappa shape index (κ3) is 6.05. The lowest BCUT2D eigenvalue weighted by molar-refractivity contribution is -0.143. The van der Waals surface area contributed by atoms with Crippen LogP contribution in [0.2, 0.25) is 0 Å². The summed E-state index contributed by atoms with van der Waals surface area (Å²) in [5.41, 5.74) is 1.55. The van der Waals surface area contributed by atoms with Gasteiger partial charge in [0.1, 0.15) is 6.04 Å². The Labute approximate surface area is 166 Å². The molecule has 1 aliphatic heterocycles. The highest BCUT2D eigenvalue weighted by molar-refractivity contribution is 6.00. The highest BCUT2D eigenvalue weighted by atomic mass is 16.5. The lowest BCUT2D eigenvalue weighted by atomic mass is 10.1. The van der Waals surface area contributed by atoms with Gasteiger partial charge in [0, 0.05) is 31.7 Å². The highest BCUT2D eigenvalue weighted by Crippen LogP contribution is 2.26. The Hall–Kier alpha value is -2.41. The second kappa shape index (κ2) is 9.19. The zero-order valence-electron chi connectivity index (χ0n) is 17.0. The largest absolute Gasteiger partial charge is 0.480 e. The van der Waals surface area contributed by atoms with Crippen molar-refractivity contribution in [1.29, 1.82) is 0 Å². The summed E-state index contributed by atoms with van der Waals surface area (Å²) < 4.78 is 5.55. The first-order valence-corrected chi connectivity index (χ1v) is 9.67. The van der Waals surface area contributed by atoms with Gasteiger partial charge in [0.2, 0.25) is 11.8 Å². The number of hydrogen-bond acceptors (Lipinski definition) is 4. The standard InChI is InChI=1S/C21H30N2O5/c1-5-14-6-8-16(9-7-14)23-13-15(12-18(23)24)19(25)22-17(20(26)27)10-11-28-21(2,3)4/h6-9,15,17H,5,10-13H2,1-4H3,(H,22,25)(H,26,27). The lowest BCUT2D eigenvalue weighted by Crippen LogP contribution is -2.45. The van der Waals surface area contributed by atoms with Crippen LogP contribution in [0.1, 0.15) is 46.1 Å². The number of anilines is 1. The van der Waals surface area contributed by atoms with Gasteiger partial charge in [0.15, 0.2) is 0 Å². The van der Waals surface area contributed by atoms with Crippen LogP contribution in [0.25, 0.3) is 0 Å². The summed E-state index contributed by atoms with van der Waals surface area (Å²) in [5.74, 6) is -2.22. The van der Waals surface area contributed by atoms with Crippen LogP contribution in [0, 0.1) is 5.92 Å². The molecule has 0 saturated carbocycles. The summed E-state index contributed by atoms with van der Waals surface area (Å²) in [6.45, 7) is 8.18. The van der Waals surface area contributed by atoms with Gasteiger partial charge in [-0.15, -0.1) is 0 Å². The van der Waals surface area contributed by atoms with Crippen LogP contribution in [0.3, 0.4) is 0 Å². The monoisotopic (exact) mass is 390 g/mol. The first-order valence-electron chi connectivity index (χ1n) is 9.67. The maximum absolute atomic E-state index is 12.5. The third-order valence-corrected chi connectivity index (χ3v) is 4.71. The third-order valence-electron chi connectivity index (χ3n) is 4.71.